The van der Waals surface area contributed by atoms with E-state index in [0.717, 1.165) is 16.9 Å². The average Bonchev–Trinajstić information content (AvgIpc) is 2.76. The van der Waals surface area contributed by atoms with Crippen LogP contribution >= 0.6 is 15.9 Å². The molecular formula is C11H6BrF3N2O2. The van der Waals surface area contributed by atoms with E-state index in [2.05, 4.69) is 21.0 Å². The molecule has 100 valence electrons. The molecule has 0 aliphatic rings. The number of aromatic nitrogens is 2. The minimum absolute atomic E-state index is 0.0477. The largest absolute Gasteiger partial charge is 0.478 e. The van der Waals surface area contributed by atoms with E-state index in [1.165, 1.54) is 18.2 Å². The van der Waals surface area contributed by atoms with Crippen LogP contribution in [0.25, 0.3) is 5.69 Å². The Morgan fingerprint density at radius 3 is 2.53 bits per heavy atom. The van der Waals surface area contributed by atoms with Gasteiger partial charge in [-0.1, -0.05) is 15.9 Å². The average molecular weight is 335 g/mol. The summed E-state index contributed by atoms with van der Waals surface area (Å²) in [6, 6.07) is 4.88. The van der Waals surface area contributed by atoms with Crippen LogP contribution in [0, 0.1) is 0 Å². The molecule has 2 rings (SSSR count). The summed E-state index contributed by atoms with van der Waals surface area (Å²) in [7, 11) is 0. The second kappa shape index (κ2) is 4.69. The van der Waals surface area contributed by atoms with E-state index in [9.17, 15) is 18.0 Å². The van der Waals surface area contributed by atoms with Crippen LogP contribution in [-0.2, 0) is 6.18 Å². The number of benzene rings is 1. The highest BCUT2D eigenvalue weighted by Crippen LogP contribution is 2.28. The molecular weight excluding hydrogens is 329 g/mol. The molecule has 0 amide bonds. The topological polar surface area (TPSA) is 55.1 Å². The van der Waals surface area contributed by atoms with Crippen molar-refractivity contribution in [1.29, 1.82) is 0 Å². The van der Waals surface area contributed by atoms with Crippen molar-refractivity contribution >= 4 is 21.9 Å². The summed E-state index contributed by atoms with van der Waals surface area (Å²) >= 11 is 3.10. The van der Waals surface area contributed by atoms with Gasteiger partial charge in [-0.25, -0.2) is 9.48 Å². The third-order valence-electron chi connectivity index (χ3n) is 2.27. The van der Waals surface area contributed by atoms with E-state index in [1.807, 2.05) is 0 Å². The summed E-state index contributed by atoms with van der Waals surface area (Å²) in [6.45, 7) is 0. The van der Waals surface area contributed by atoms with Crippen LogP contribution in [0.2, 0.25) is 0 Å². The standard InChI is InChI=1S/C11H6BrF3N2O2/c12-7-3-6(10(18)19)4-8(5-7)17-2-1-9(16-17)11(13,14)15/h1-5H,(H,18,19). The molecule has 0 saturated heterocycles. The normalized spacial score (nSPS) is 11.6. The predicted octanol–water partition coefficient (Wildman–Crippen LogP) is 3.35. The molecule has 0 spiro atoms. The number of aromatic carboxylic acids is 1. The summed E-state index contributed by atoms with van der Waals surface area (Å²) in [5.74, 6) is -1.18. The van der Waals surface area contributed by atoms with Crippen LogP contribution in [0.15, 0.2) is 34.9 Å². The first-order chi connectivity index (χ1) is 8.77. The molecule has 1 N–H and O–H groups in total. The molecule has 19 heavy (non-hydrogen) atoms. The Hall–Kier alpha value is -1.83. The first kappa shape index (κ1) is 13.6. The van der Waals surface area contributed by atoms with Crippen molar-refractivity contribution in [2.24, 2.45) is 0 Å². The van der Waals surface area contributed by atoms with Gasteiger partial charge in [0.2, 0.25) is 0 Å². The van der Waals surface area contributed by atoms with Crippen molar-refractivity contribution in [3.63, 3.8) is 0 Å². The Balaban J connectivity index is 2.47. The van der Waals surface area contributed by atoms with Crippen molar-refractivity contribution in [2.45, 2.75) is 6.18 Å². The van der Waals surface area contributed by atoms with Crippen LogP contribution in [0.3, 0.4) is 0 Å². The summed E-state index contributed by atoms with van der Waals surface area (Å²) in [5, 5.41) is 12.3. The molecule has 0 fully saturated rings. The monoisotopic (exact) mass is 334 g/mol. The van der Waals surface area contributed by atoms with Crippen LogP contribution < -0.4 is 0 Å². The summed E-state index contributed by atoms with van der Waals surface area (Å²) in [4.78, 5) is 10.9. The van der Waals surface area contributed by atoms with Crippen molar-refractivity contribution < 1.29 is 23.1 Å². The lowest BCUT2D eigenvalue weighted by molar-refractivity contribution is -0.141. The van der Waals surface area contributed by atoms with Gasteiger partial charge in [0.05, 0.1) is 11.3 Å². The van der Waals surface area contributed by atoms with Crippen molar-refractivity contribution in [3.8, 4) is 5.69 Å². The maximum atomic E-state index is 12.4. The highest BCUT2D eigenvalue weighted by molar-refractivity contribution is 9.10. The SMILES string of the molecule is O=C(O)c1cc(Br)cc(-n2ccc(C(F)(F)F)n2)c1. The molecule has 1 aromatic heterocycles. The van der Waals surface area contributed by atoms with Crippen LogP contribution in [0.1, 0.15) is 16.1 Å². The Kier molecular flexibility index (Phi) is 3.36. The van der Waals surface area contributed by atoms with E-state index in [-0.39, 0.29) is 11.3 Å². The maximum absolute atomic E-state index is 12.4. The first-order valence-corrected chi connectivity index (χ1v) is 5.74. The molecule has 4 nitrogen and oxygen atoms in total. The van der Waals surface area contributed by atoms with Gasteiger partial charge >= 0.3 is 12.1 Å². The Bertz CT molecular complexity index is 637. The Morgan fingerprint density at radius 1 is 1.32 bits per heavy atom. The molecule has 0 atom stereocenters. The molecule has 8 heteroatoms. The van der Waals surface area contributed by atoms with E-state index in [1.54, 1.807) is 0 Å². The number of carbonyl (C=O) groups is 1. The third-order valence-corrected chi connectivity index (χ3v) is 2.73. The summed E-state index contributed by atoms with van der Waals surface area (Å²) in [5.41, 5.74) is -0.861. The number of nitrogens with zero attached hydrogens (tertiary/aromatic N) is 2. The van der Waals surface area contributed by atoms with E-state index >= 15 is 0 Å². The molecule has 0 aliphatic carbocycles. The fourth-order valence-corrected chi connectivity index (χ4v) is 1.93. The highest BCUT2D eigenvalue weighted by atomic mass is 79.9. The van der Waals surface area contributed by atoms with Gasteiger partial charge in [0.1, 0.15) is 0 Å². The second-order valence-corrected chi connectivity index (χ2v) is 4.56. The number of hydrogen-bond acceptors (Lipinski definition) is 2. The number of carboxylic acids is 1. The zero-order valence-corrected chi connectivity index (χ0v) is 10.7. The maximum Gasteiger partial charge on any atom is 0.435 e. The van der Waals surface area contributed by atoms with Gasteiger partial charge in [-0.3, -0.25) is 0 Å². The Morgan fingerprint density at radius 2 is 2.00 bits per heavy atom. The lowest BCUT2D eigenvalue weighted by Gasteiger charge is -2.05. The Labute approximate surface area is 113 Å². The van der Waals surface area contributed by atoms with E-state index < -0.39 is 17.8 Å². The van der Waals surface area contributed by atoms with Gasteiger partial charge < -0.3 is 5.11 Å². The number of halogens is 4. The molecule has 0 unspecified atom stereocenters. The summed E-state index contributed by atoms with van der Waals surface area (Å²) < 4.78 is 38.7. The van der Waals surface area contributed by atoms with Crippen LogP contribution in [0.5, 0.6) is 0 Å². The van der Waals surface area contributed by atoms with Gasteiger partial charge in [0.15, 0.2) is 5.69 Å². The molecule has 0 aliphatic heterocycles. The van der Waals surface area contributed by atoms with Crippen molar-refractivity contribution in [3.05, 3.63) is 46.2 Å². The van der Waals surface area contributed by atoms with E-state index in [0.29, 0.717) is 4.47 Å². The molecule has 1 heterocycles. The number of hydrogen-bond donors (Lipinski definition) is 1. The van der Waals surface area contributed by atoms with Crippen LogP contribution in [-0.4, -0.2) is 20.9 Å². The predicted molar refractivity (Wildman–Crippen MR) is 63.2 cm³/mol. The molecule has 2 aromatic rings. The molecule has 0 bridgehead atoms. The fourth-order valence-electron chi connectivity index (χ4n) is 1.45. The second-order valence-electron chi connectivity index (χ2n) is 3.65. The molecule has 0 radical (unpaired) electrons. The highest BCUT2D eigenvalue weighted by Gasteiger charge is 2.33. The third kappa shape index (κ3) is 2.95. The number of carboxylic acid groups (broad SMARTS) is 1. The quantitative estimate of drug-likeness (QED) is 0.916. The molecule has 0 saturated carbocycles. The van der Waals surface area contributed by atoms with Gasteiger partial charge in [-0.15, -0.1) is 0 Å². The van der Waals surface area contributed by atoms with Gasteiger partial charge in [0, 0.05) is 10.7 Å². The fraction of sp³-hybridized carbons (Fsp3) is 0.0909. The minimum Gasteiger partial charge on any atom is -0.478 e. The smallest absolute Gasteiger partial charge is 0.435 e. The summed E-state index contributed by atoms with van der Waals surface area (Å²) in [6.07, 6.45) is -3.41. The van der Waals surface area contributed by atoms with Gasteiger partial charge in [-0.05, 0) is 24.3 Å². The van der Waals surface area contributed by atoms with Crippen molar-refractivity contribution in [2.75, 3.05) is 0 Å². The zero-order chi connectivity index (χ0) is 14.2. The number of alkyl halides is 3. The van der Waals surface area contributed by atoms with Gasteiger partial charge in [-0.2, -0.15) is 18.3 Å². The lowest BCUT2D eigenvalue weighted by atomic mass is 10.2. The lowest BCUT2D eigenvalue weighted by Crippen LogP contribution is -2.07. The van der Waals surface area contributed by atoms with Crippen LogP contribution in [0.4, 0.5) is 13.2 Å². The zero-order valence-electron chi connectivity index (χ0n) is 9.15. The first-order valence-electron chi connectivity index (χ1n) is 4.94. The van der Waals surface area contributed by atoms with Crippen molar-refractivity contribution in [1.82, 2.24) is 9.78 Å². The molecule has 1 aromatic carbocycles. The van der Waals surface area contributed by atoms with Gasteiger partial charge in [0.25, 0.3) is 0 Å². The minimum atomic E-state index is -4.53. The van der Waals surface area contributed by atoms with E-state index in [4.69, 9.17) is 5.11 Å². The number of rotatable bonds is 2.